The Bertz CT molecular complexity index is 275. The second-order valence-corrected chi connectivity index (χ2v) is 2.95. The molecule has 1 fully saturated rings. The Morgan fingerprint density at radius 3 is 2.43 bits per heavy atom. The number of esters is 2. The molecule has 0 aromatic rings. The number of carbonyl (C=O) groups excluding carboxylic acids is 3. The number of rotatable bonds is 3. The van der Waals surface area contributed by atoms with E-state index in [1.807, 2.05) is 0 Å². The molecular formula is C8H11NO5. The molecule has 6 heteroatoms. The molecule has 78 valence electrons. The third-order valence-electron chi connectivity index (χ3n) is 1.75. The van der Waals surface area contributed by atoms with E-state index >= 15 is 0 Å². The average Bonchev–Trinajstić information content (AvgIpc) is 2.01. The molecule has 1 amide bonds. The summed E-state index contributed by atoms with van der Waals surface area (Å²) in [5, 5.41) is 2.37. The number of hydrogen-bond donors (Lipinski definition) is 1. The molecule has 1 N–H and O–H groups in total. The van der Waals surface area contributed by atoms with Crippen molar-refractivity contribution in [3.63, 3.8) is 0 Å². The first-order valence-corrected chi connectivity index (χ1v) is 4.11. The molecular weight excluding hydrogens is 190 g/mol. The molecule has 0 saturated carbocycles. The van der Waals surface area contributed by atoms with E-state index in [-0.39, 0.29) is 12.5 Å². The van der Waals surface area contributed by atoms with Crippen LogP contribution in [-0.4, -0.2) is 30.7 Å². The summed E-state index contributed by atoms with van der Waals surface area (Å²) in [5.74, 6) is -1.81. The zero-order valence-corrected chi connectivity index (χ0v) is 7.90. The summed E-state index contributed by atoms with van der Waals surface area (Å²) in [5.41, 5.74) is 0. The largest absolute Gasteiger partial charge is 0.465 e. The molecule has 0 aliphatic carbocycles. The molecule has 0 aromatic carbocycles. The second kappa shape index (κ2) is 4.08. The maximum absolute atomic E-state index is 10.9. The Hall–Kier alpha value is -1.59. The third-order valence-corrected chi connectivity index (χ3v) is 1.75. The standard InChI is InChI=1S/C8H11NO5/c1-4(10)13-3-6-7(12)9-8(6)14-5(2)11/h6,8H,3H2,1-2H3,(H,9,12). The van der Waals surface area contributed by atoms with Crippen molar-refractivity contribution in [3.05, 3.63) is 0 Å². The number of amides is 1. The van der Waals surface area contributed by atoms with Crippen LogP contribution >= 0.6 is 0 Å². The van der Waals surface area contributed by atoms with Crippen LogP contribution in [0.5, 0.6) is 0 Å². The van der Waals surface area contributed by atoms with Gasteiger partial charge in [0, 0.05) is 13.8 Å². The van der Waals surface area contributed by atoms with Crippen molar-refractivity contribution >= 4 is 17.8 Å². The molecule has 1 heterocycles. The van der Waals surface area contributed by atoms with Gasteiger partial charge in [-0.2, -0.15) is 0 Å². The number of nitrogens with one attached hydrogen (secondary N) is 1. The van der Waals surface area contributed by atoms with E-state index in [9.17, 15) is 14.4 Å². The minimum Gasteiger partial charge on any atom is -0.465 e. The first-order valence-electron chi connectivity index (χ1n) is 4.11. The van der Waals surface area contributed by atoms with Crippen LogP contribution in [0.4, 0.5) is 0 Å². The number of carbonyl (C=O) groups is 3. The predicted molar refractivity (Wildman–Crippen MR) is 43.8 cm³/mol. The van der Waals surface area contributed by atoms with Gasteiger partial charge in [-0.15, -0.1) is 0 Å². The number of ether oxygens (including phenoxy) is 2. The first kappa shape index (κ1) is 10.5. The Labute approximate surface area is 80.5 Å². The van der Waals surface area contributed by atoms with E-state index in [4.69, 9.17) is 4.74 Å². The Balaban J connectivity index is 2.37. The highest BCUT2D eigenvalue weighted by Gasteiger charge is 2.42. The second-order valence-electron chi connectivity index (χ2n) is 2.95. The van der Waals surface area contributed by atoms with E-state index in [0.717, 1.165) is 0 Å². The van der Waals surface area contributed by atoms with Gasteiger partial charge < -0.3 is 14.8 Å². The highest BCUT2D eigenvalue weighted by atomic mass is 16.6. The summed E-state index contributed by atoms with van der Waals surface area (Å²) in [6.45, 7) is 2.43. The molecule has 0 aromatic heterocycles. The molecule has 6 nitrogen and oxygen atoms in total. The van der Waals surface area contributed by atoms with Crippen LogP contribution in [0, 0.1) is 5.92 Å². The third kappa shape index (κ3) is 2.45. The lowest BCUT2D eigenvalue weighted by molar-refractivity contribution is -0.172. The molecule has 0 bridgehead atoms. The van der Waals surface area contributed by atoms with Gasteiger partial charge in [-0.1, -0.05) is 0 Å². The van der Waals surface area contributed by atoms with Crippen molar-refractivity contribution in [2.45, 2.75) is 20.1 Å². The minimum absolute atomic E-state index is 0.0564. The predicted octanol–water partition coefficient (Wildman–Crippen LogP) is -0.815. The molecule has 1 rings (SSSR count). The van der Waals surface area contributed by atoms with Gasteiger partial charge in [-0.25, -0.2) is 0 Å². The summed E-state index contributed by atoms with van der Waals surface area (Å²) in [4.78, 5) is 32.0. The molecule has 0 spiro atoms. The number of hydrogen-bond acceptors (Lipinski definition) is 5. The van der Waals surface area contributed by atoms with Gasteiger partial charge in [-0.05, 0) is 0 Å². The monoisotopic (exact) mass is 201 g/mol. The fraction of sp³-hybridized carbons (Fsp3) is 0.625. The smallest absolute Gasteiger partial charge is 0.304 e. The first-order chi connectivity index (χ1) is 6.50. The SMILES string of the molecule is CC(=O)OCC1C(=O)NC1OC(C)=O. The lowest BCUT2D eigenvalue weighted by Gasteiger charge is -2.34. The summed E-state index contributed by atoms with van der Waals surface area (Å²) in [7, 11) is 0. The molecule has 2 atom stereocenters. The lowest BCUT2D eigenvalue weighted by Crippen LogP contribution is -2.61. The normalized spacial score (nSPS) is 24.6. The van der Waals surface area contributed by atoms with E-state index in [2.05, 4.69) is 10.1 Å². The van der Waals surface area contributed by atoms with Crippen molar-refractivity contribution in [2.24, 2.45) is 5.92 Å². The van der Waals surface area contributed by atoms with Gasteiger partial charge in [0.25, 0.3) is 0 Å². The van der Waals surface area contributed by atoms with Gasteiger partial charge in [0.2, 0.25) is 5.91 Å². The lowest BCUT2D eigenvalue weighted by atomic mass is 10.0. The Morgan fingerprint density at radius 2 is 2.00 bits per heavy atom. The van der Waals surface area contributed by atoms with Crippen LogP contribution in [0.25, 0.3) is 0 Å². The Kier molecular flexibility index (Phi) is 3.06. The van der Waals surface area contributed by atoms with Crippen LogP contribution in [0.15, 0.2) is 0 Å². The van der Waals surface area contributed by atoms with Gasteiger partial charge in [0.15, 0.2) is 6.23 Å². The van der Waals surface area contributed by atoms with Gasteiger partial charge >= 0.3 is 11.9 Å². The summed E-state index contributed by atoms with van der Waals surface area (Å²) < 4.78 is 9.38. The minimum atomic E-state index is -0.667. The van der Waals surface area contributed by atoms with E-state index < -0.39 is 24.1 Å². The fourth-order valence-corrected chi connectivity index (χ4v) is 1.05. The molecule has 2 unspecified atom stereocenters. The summed E-state index contributed by atoms with van der Waals surface area (Å²) >= 11 is 0. The van der Waals surface area contributed by atoms with Crippen LogP contribution in [0.2, 0.25) is 0 Å². The highest BCUT2D eigenvalue weighted by molar-refractivity contribution is 5.86. The zero-order chi connectivity index (χ0) is 10.7. The molecule has 1 saturated heterocycles. The quantitative estimate of drug-likeness (QED) is 0.476. The maximum Gasteiger partial charge on any atom is 0.304 e. The summed E-state index contributed by atoms with van der Waals surface area (Å²) in [6.07, 6.45) is -0.667. The zero-order valence-electron chi connectivity index (χ0n) is 7.90. The topological polar surface area (TPSA) is 81.7 Å². The van der Waals surface area contributed by atoms with Gasteiger partial charge in [0.05, 0.1) is 0 Å². The van der Waals surface area contributed by atoms with E-state index in [1.54, 1.807) is 0 Å². The fourth-order valence-electron chi connectivity index (χ4n) is 1.05. The van der Waals surface area contributed by atoms with Crippen LogP contribution in [0.1, 0.15) is 13.8 Å². The van der Waals surface area contributed by atoms with Crippen molar-refractivity contribution < 1.29 is 23.9 Å². The average molecular weight is 201 g/mol. The Morgan fingerprint density at radius 1 is 1.36 bits per heavy atom. The van der Waals surface area contributed by atoms with E-state index in [1.165, 1.54) is 13.8 Å². The van der Waals surface area contributed by atoms with Gasteiger partial charge in [-0.3, -0.25) is 14.4 Å². The van der Waals surface area contributed by atoms with Crippen molar-refractivity contribution in [1.29, 1.82) is 0 Å². The molecule has 0 radical (unpaired) electrons. The van der Waals surface area contributed by atoms with Crippen LogP contribution in [0.3, 0.4) is 0 Å². The highest BCUT2D eigenvalue weighted by Crippen LogP contribution is 2.16. The number of β-lactam (4-membered cyclic amide) rings is 1. The molecule has 1 aliphatic rings. The van der Waals surface area contributed by atoms with Crippen molar-refractivity contribution in [1.82, 2.24) is 5.32 Å². The van der Waals surface area contributed by atoms with E-state index in [0.29, 0.717) is 0 Å². The maximum atomic E-state index is 10.9. The van der Waals surface area contributed by atoms with Crippen LogP contribution < -0.4 is 5.32 Å². The van der Waals surface area contributed by atoms with Crippen molar-refractivity contribution in [2.75, 3.05) is 6.61 Å². The van der Waals surface area contributed by atoms with Gasteiger partial charge in [0.1, 0.15) is 12.5 Å². The van der Waals surface area contributed by atoms with Crippen molar-refractivity contribution in [3.8, 4) is 0 Å². The molecule has 14 heavy (non-hydrogen) atoms. The summed E-state index contributed by atoms with van der Waals surface area (Å²) in [6, 6.07) is 0. The van der Waals surface area contributed by atoms with Crippen LogP contribution in [-0.2, 0) is 23.9 Å². The molecule has 1 aliphatic heterocycles.